The second kappa shape index (κ2) is 6.83. The number of carbonyl (C=O) groups excluding carboxylic acids is 1. The highest BCUT2D eigenvalue weighted by molar-refractivity contribution is 7.17. The number of nitrogens with zero attached hydrogens (tertiary/aromatic N) is 1. The van der Waals surface area contributed by atoms with Crippen LogP contribution in [0.4, 0.5) is 20.2 Å². The van der Waals surface area contributed by atoms with Gasteiger partial charge in [0, 0.05) is 23.6 Å². The molecule has 1 atom stereocenters. The summed E-state index contributed by atoms with van der Waals surface area (Å²) >= 11 is 0. The van der Waals surface area contributed by atoms with E-state index in [0.717, 1.165) is 11.9 Å². The van der Waals surface area contributed by atoms with Gasteiger partial charge in [-0.3, -0.25) is 9.78 Å². The third-order valence-electron chi connectivity index (χ3n) is 4.33. The van der Waals surface area contributed by atoms with Crippen LogP contribution in [-0.4, -0.2) is 22.4 Å². The van der Waals surface area contributed by atoms with E-state index in [4.69, 9.17) is 4.74 Å². The van der Waals surface area contributed by atoms with Crippen LogP contribution < -0.4 is 5.32 Å². The van der Waals surface area contributed by atoms with Crippen LogP contribution in [0.1, 0.15) is 21.6 Å². The fraction of sp³-hybridized carbons (Fsp3) is 0.158. The minimum absolute atomic E-state index is 0.0449. The van der Waals surface area contributed by atoms with E-state index in [0.29, 0.717) is 22.6 Å². The Labute approximate surface area is 156 Å². The van der Waals surface area contributed by atoms with Crippen LogP contribution in [0.25, 0.3) is 11.3 Å². The Morgan fingerprint density at radius 2 is 1.96 bits per heavy atom. The molecule has 0 aliphatic carbocycles. The highest BCUT2D eigenvalue weighted by Crippen LogP contribution is 2.44. The van der Waals surface area contributed by atoms with E-state index in [1.807, 2.05) is 30.3 Å². The molecule has 3 heterocycles. The summed E-state index contributed by atoms with van der Waals surface area (Å²) in [7, 11) is 1.53. The predicted molar refractivity (Wildman–Crippen MR) is 101 cm³/mol. The minimum Gasteiger partial charge on any atom is -0.367 e. The van der Waals surface area contributed by atoms with Gasteiger partial charge >= 0.3 is 0 Å². The Hall–Kier alpha value is -2.63. The number of nitrogens with one attached hydrogen (secondary N) is 2. The van der Waals surface area contributed by atoms with Crippen molar-refractivity contribution in [1.82, 2.24) is 9.97 Å². The van der Waals surface area contributed by atoms with Crippen molar-refractivity contribution in [3.8, 4) is 11.3 Å². The number of pyridine rings is 1. The van der Waals surface area contributed by atoms with Crippen molar-refractivity contribution in [1.29, 1.82) is 0 Å². The normalized spacial score (nSPS) is 14.1. The molecule has 138 valence electrons. The maximum atomic E-state index is 14.1. The Morgan fingerprint density at radius 3 is 2.70 bits per heavy atom. The van der Waals surface area contributed by atoms with Crippen LogP contribution in [0.5, 0.6) is 0 Å². The van der Waals surface area contributed by atoms with Crippen molar-refractivity contribution >= 4 is 26.4 Å². The summed E-state index contributed by atoms with van der Waals surface area (Å²) in [5, 5.41) is 3.21. The van der Waals surface area contributed by atoms with E-state index in [-0.39, 0.29) is 30.1 Å². The van der Waals surface area contributed by atoms with E-state index in [1.165, 1.54) is 21.5 Å². The van der Waals surface area contributed by atoms with Crippen molar-refractivity contribution in [2.45, 2.75) is 12.3 Å². The Balaban J connectivity index is 1.93. The molecule has 3 aromatic rings. The lowest BCUT2D eigenvalue weighted by Crippen LogP contribution is -2.18. The van der Waals surface area contributed by atoms with Gasteiger partial charge in [-0.1, -0.05) is 27.4 Å². The van der Waals surface area contributed by atoms with E-state index in [9.17, 15) is 13.6 Å². The molecule has 0 spiro atoms. The summed E-state index contributed by atoms with van der Waals surface area (Å²) in [5.74, 6) is -0.203. The molecule has 0 bridgehead atoms. The molecule has 0 fully saturated rings. The summed E-state index contributed by atoms with van der Waals surface area (Å²) in [4.78, 5) is 19.4. The molecule has 0 amide bonds. The minimum atomic E-state index is -3.17. The fourth-order valence-corrected chi connectivity index (χ4v) is 3.39. The summed E-state index contributed by atoms with van der Waals surface area (Å²) < 4.78 is 33.5. The zero-order valence-electron chi connectivity index (χ0n) is 14.1. The average Bonchev–Trinajstić information content (AvgIpc) is 3.01. The molecule has 0 saturated carbocycles. The van der Waals surface area contributed by atoms with Gasteiger partial charge in [0.2, 0.25) is 0 Å². The number of aromatic nitrogens is 2. The van der Waals surface area contributed by atoms with E-state index >= 15 is 0 Å². The molecular weight excluding hydrogens is 371 g/mol. The number of alkyl halides is 2. The second-order valence-corrected chi connectivity index (χ2v) is 6.90. The van der Waals surface area contributed by atoms with Crippen LogP contribution in [0.15, 0.2) is 48.8 Å². The smallest absolute Gasteiger partial charge is 0.286 e. The fourth-order valence-electron chi connectivity index (χ4n) is 3.16. The van der Waals surface area contributed by atoms with Crippen molar-refractivity contribution in [2.24, 2.45) is 0 Å². The van der Waals surface area contributed by atoms with Crippen molar-refractivity contribution in [3.05, 3.63) is 65.6 Å². The quantitative estimate of drug-likeness (QED) is 0.649. The van der Waals surface area contributed by atoms with Gasteiger partial charge in [-0.05, 0) is 18.2 Å². The number of benzene rings is 1. The first kappa shape index (κ1) is 17.8. The zero-order valence-corrected chi connectivity index (χ0v) is 15.3. The number of hydrogen-bond donors (Lipinski definition) is 2. The molecule has 1 aromatic carbocycles. The number of anilines is 2. The number of halogens is 2. The van der Waals surface area contributed by atoms with Gasteiger partial charge in [0.1, 0.15) is 6.61 Å². The van der Waals surface area contributed by atoms with Crippen LogP contribution in [0.3, 0.4) is 0 Å². The first-order valence-electron chi connectivity index (χ1n) is 8.24. The molecule has 0 saturated heterocycles. The third-order valence-corrected chi connectivity index (χ3v) is 4.64. The molecular formula is C19H16F2N3O2P. The van der Waals surface area contributed by atoms with Crippen molar-refractivity contribution in [2.75, 3.05) is 11.9 Å². The van der Waals surface area contributed by atoms with Crippen LogP contribution in [0.2, 0.25) is 0 Å². The lowest BCUT2D eigenvalue weighted by atomic mass is 10.0. The molecule has 8 heteroatoms. The number of aromatic amines is 1. The molecule has 1 aliphatic rings. The van der Waals surface area contributed by atoms with Gasteiger partial charge in [-0.25, -0.2) is 0 Å². The molecule has 27 heavy (non-hydrogen) atoms. The first-order chi connectivity index (χ1) is 12.9. The Bertz CT molecular complexity index is 1000. The average molecular weight is 387 g/mol. The summed E-state index contributed by atoms with van der Waals surface area (Å²) in [6.07, 6.45) is 2.58. The molecule has 4 rings (SSSR count). The number of hydrogen-bond acceptors (Lipinski definition) is 4. The van der Waals surface area contributed by atoms with E-state index in [2.05, 4.69) is 15.3 Å². The highest BCUT2D eigenvalue weighted by Gasteiger charge is 2.33. The molecule has 1 aliphatic heterocycles. The summed E-state index contributed by atoms with van der Waals surface area (Å²) in [6, 6.07) is 10.7. The maximum Gasteiger partial charge on any atom is 0.286 e. The van der Waals surface area contributed by atoms with Crippen LogP contribution in [0, 0.1) is 0 Å². The summed E-state index contributed by atoms with van der Waals surface area (Å²) in [5.41, 5.74) is -0.533. The Kier molecular flexibility index (Phi) is 4.50. The lowest BCUT2D eigenvalue weighted by molar-refractivity contribution is 0.0660. The predicted octanol–water partition coefficient (Wildman–Crippen LogP) is 4.46. The Morgan fingerprint density at radius 1 is 1.19 bits per heavy atom. The summed E-state index contributed by atoms with van der Waals surface area (Å²) in [6.45, 7) is 0.166. The van der Waals surface area contributed by atoms with Crippen LogP contribution in [-0.2, 0) is 17.0 Å². The van der Waals surface area contributed by atoms with Gasteiger partial charge in [-0.15, -0.1) is 0 Å². The molecule has 2 aromatic heterocycles. The number of Topliss-reactive ketones (excluding diaryl/α,β-unsaturated/α-hetero) is 1. The molecule has 5 nitrogen and oxygen atoms in total. The largest absolute Gasteiger partial charge is 0.367 e. The van der Waals surface area contributed by atoms with Gasteiger partial charge in [0.15, 0.2) is 5.78 Å². The third kappa shape index (κ3) is 3.36. The number of ether oxygens (including phenoxy) is 1. The molecule has 0 radical (unpaired) electrons. The van der Waals surface area contributed by atoms with Crippen LogP contribution >= 0.6 is 9.24 Å². The zero-order chi connectivity index (χ0) is 19.0. The molecule has 1 unspecified atom stereocenters. The maximum absolute atomic E-state index is 14.1. The SMILES string of the molecule is O=C1COCc2[nH]c(-c3ccncc3C(F)(F)P)c(Nc3ccccc3)c21. The van der Waals surface area contributed by atoms with Gasteiger partial charge in [0.25, 0.3) is 5.66 Å². The molecule has 2 N–H and O–H groups in total. The topological polar surface area (TPSA) is 67.0 Å². The van der Waals surface area contributed by atoms with E-state index < -0.39 is 5.66 Å². The number of fused-ring (bicyclic) bond motifs is 1. The second-order valence-electron chi connectivity index (χ2n) is 6.18. The van der Waals surface area contributed by atoms with E-state index in [1.54, 1.807) is 0 Å². The first-order valence-corrected chi connectivity index (χ1v) is 8.82. The van der Waals surface area contributed by atoms with Crippen molar-refractivity contribution < 1.29 is 18.3 Å². The number of rotatable bonds is 4. The van der Waals surface area contributed by atoms with Gasteiger partial charge < -0.3 is 15.0 Å². The monoisotopic (exact) mass is 387 g/mol. The number of carbonyl (C=O) groups is 1. The number of H-pyrrole nitrogens is 1. The lowest BCUT2D eigenvalue weighted by Gasteiger charge is -2.17. The number of para-hydroxylation sites is 1. The number of ketones is 1. The van der Waals surface area contributed by atoms with Gasteiger partial charge in [0.05, 0.1) is 34.8 Å². The standard InChI is InChI=1S/C19H16F2N3O2P/c20-19(21,27)13-8-22-7-6-12(13)17-18(23-11-4-2-1-3-5-11)16-14(24-17)9-26-10-15(16)25/h1-8,23-24H,9-10,27H2. The van der Waals surface area contributed by atoms with Crippen molar-refractivity contribution in [3.63, 3.8) is 0 Å². The highest BCUT2D eigenvalue weighted by atomic mass is 31.0. The van der Waals surface area contributed by atoms with Gasteiger partial charge in [-0.2, -0.15) is 8.78 Å².